The Balaban J connectivity index is 3.50. The van der Waals surface area contributed by atoms with Crippen LogP contribution >= 0.6 is 0 Å². The summed E-state index contributed by atoms with van der Waals surface area (Å²) >= 11 is 0. The molecule has 0 rings (SSSR count). The molecule has 0 aromatic rings. The SMILES string of the molecule is CCCCCCCC\C=C/C=C/C=C/C(O)CCC/C=N/O. The van der Waals surface area contributed by atoms with E-state index >= 15 is 0 Å². The van der Waals surface area contributed by atoms with Gasteiger partial charge in [-0.15, -0.1) is 5.16 Å². The molecule has 0 amide bonds. The molecular formula is C19H33NO2. The molecule has 0 saturated carbocycles. The maximum Gasteiger partial charge on any atom is 0.0724 e. The van der Waals surface area contributed by atoms with Gasteiger partial charge in [-0.1, -0.05) is 75.5 Å². The van der Waals surface area contributed by atoms with Crippen LogP contribution in [0.4, 0.5) is 0 Å². The number of hydrogen-bond acceptors (Lipinski definition) is 3. The fraction of sp³-hybridized carbons (Fsp3) is 0.632. The van der Waals surface area contributed by atoms with E-state index in [0.717, 1.165) is 12.8 Å². The summed E-state index contributed by atoms with van der Waals surface area (Å²) in [5, 5.41) is 20.8. The number of nitrogens with zero attached hydrogens (tertiary/aromatic N) is 1. The second-order valence-electron chi connectivity index (χ2n) is 5.55. The van der Waals surface area contributed by atoms with Gasteiger partial charge in [0.25, 0.3) is 0 Å². The lowest BCUT2D eigenvalue weighted by molar-refractivity contribution is 0.210. The largest absolute Gasteiger partial charge is 0.411 e. The Kier molecular flexibility index (Phi) is 16.6. The Hall–Kier alpha value is -1.35. The van der Waals surface area contributed by atoms with Gasteiger partial charge in [0.2, 0.25) is 0 Å². The van der Waals surface area contributed by atoms with Gasteiger partial charge in [0.05, 0.1) is 6.10 Å². The van der Waals surface area contributed by atoms with E-state index in [9.17, 15) is 5.11 Å². The van der Waals surface area contributed by atoms with Crippen molar-refractivity contribution in [1.29, 1.82) is 0 Å². The maximum atomic E-state index is 9.66. The van der Waals surface area contributed by atoms with Crippen LogP contribution < -0.4 is 0 Å². The number of oxime groups is 1. The first-order chi connectivity index (χ1) is 10.8. The molecule has 0 aliphatic heterocycles. The fourth-order valence-corrected chi connectivity index (χ4v) is 2.11. The average Bonchev–Trinajstić information content (AvgIpc) is 2.52. The van der Waals surface area contributed by atoms with Crippen molar-refractivity contribution in [1.82, 2.24) is 0 Å². The van der Waals surface area contributed by atoms with E-state index in [1.807, 2.05) is 18.2 Å². The van der Waals surface area contributed by atoms with Gasteiger partial charge in [-0.25, -0.2) is 0 Å². The van der Waals surface area contributed by atoms with E-state index in [0.29, 0.717) is 12.8 Å². The molecule has 0 saturated heterocycles. The summed E-state index contributed by atoms with van der Waals surface area (Å²) in [4.78, 5) is 0. The number of allylic oxidation sites excluding steroid dienone is 5. The topological polar surface area (TPSA) is 52.8 Å². The van der Waals surface area contributed by atoms with Gasteiger partial charge in [0, 0.05) is 6.21 Å². The van der Waals surface area contributed by atoms with Crippen LogP contribution in [0.15, 0.2) is 41.6 Å². The molecule has 0 spiro atoms. The predicted molar refractivity (Wildman–Crippen MR) is 95.5 cm³/mol. The normalized spacial score (nSPS) is 14.1. The van der Waals surface area contributed by atoms with E-state index in [1.54, 1.807) is 6.08 Å². The summed E-state index contributed by atoms with van der Waals surface area (Å²) in [5.74, 6) is 0. The van der Waals surface area contributed by atoms with Crippen LogP contribution in [-0.4, -0.2) is 22.6 Å². The van der Waals surface area contributed by atoms with Crippen molar-refractivity contribution in [3.05, 3.63) is 36.5 Å². The summed E-state index contributed by atoms with van der Waals surface area (Å²) in [6.07, 6.45) is 24.3. The number of unbranched alkanes of at least 4 members (excludes halogenated alkanes) is 7. The Labute approximate surface area is 136 Å². The summed E-state index contributed by atoms with van der Waals surface area (Å²) in [5.41, 5.74) is 0. The molecule has 1 unspecified atom stereocenters. The Morgan fingerprint density at radius 2 is 1.59 bits per heavy atom. The van der Waals surface area contributed by atoms with Gasteiger partial charge >= 0.3 is 0 Å². The molecule has 3 nitrogen and oxygen atoms in total. The first-order valence-corrected chi connectivity index (χ1v) is 8.65. The van der Waals surface area contributed by atoms with Crippen molar-refractivity contribution in [2.75, 3.05) is 0 Å². The molecule has 0 bridgehead atoms. The van der Waals surface area contributed by atoms with Gasteiger partial charge in [-0.05, 0) is 32.1 Å². The highest BCUT2D eigenvalue weighted by Crippen LogP contribution is 2.07. The summed E-state index contributed by atoms with van der Waals surface area (Å²) < 4.78 is 0. The van der Waals surface area contributed by atoms with Gasteiger partial charge in [-0.2, -0.15) is 0 Å². The van der Waals surface area contributed by atoms with E-state index in [-0.39, 0.29) is 0 Å². The lowest BCUT2D eigenvalue weighted by atomic mass is 10.1. The van der Waals surface area contributed by atoms with Crippen molar-refractivity contribution in [2.45, 2.75) is 77.2 Å². The van der Waals surface area contributed by atoms with Crippen molar-refractivity contribution in [2.24, 2.45) is 5.16 Å². The van der Waals surface area contributed by atoms with Crippen LogP contribution in [0, 0.1) is 0 Å². The van der Waals surface area contributed by atoms with E-state index in [2.05, 4.69) is 24.2 Å². The van der Waals surface area contributed by atoms with Crippen molar-refractivity contribution < 1.29 is 10.3 Å². The standard InChI is InChI=1S/C19H33NO2/c1-2-3-4-5-6-7-8-9-10-11-12-13-16-19(21)17-14-15-18-20-22/h9-13,16,18-19,21-22H,2-8,14-15,17H2,1H3/b10-9-,12-11+,16-13+,20-18+. The first-order valence-electron chi connectivity index (χ1n) is 8.65. The second-order valence-corrected chi connectivity index (χ2v) is 5.55. The molecule has 22 heavy (non-hydrogen) atoms. The summed E-state index contributed by atoms with van der Waals surface area (Å²) in [6.45, 7) is 2.24. The molecule has 2 N–H and O–H groups in total. The molecule has 0 radical (unpaired) electrons. The average molecular weight is 307 g/mol. The third kappa shape index (κ3) is 16.7. The number of aliphatic hydroxyl groups is 1. The highest BCUT2D eigenvalue weighted by Gasteiger charge is 1.96. The van der Waals surface area contributed by atoms with Crippen molar-refractivity contribution >= 4 is 6.21 Å². The second kappa shape index (κ2) is 17.7. The zero-order valence-corrected chi connectivity index (χ0v) is 14.0. The van der Waals surface area contributed by atoms with Gasteiger partial charge < -0.3 is 10.3 Å². The molecule has 1 atom stereocenters. The number of hydrogen-bond donors (Lipinski definition) is 2. The summed E-state index contributed by atoms with van der Waals surface area (Å²) in [7, 11) is 0. The van der Waals surface area contributed by atoms with Crippen molar-refractivity contribution in [3.8, 4) is 0 Å². The predicted octanol–water partition coefficient (Wildman–Crippen LogP) is 5.40. The Morgan fingerprint density at radius 3 is 2.36 bits per heavy atom. The third-order valence-electron chi connectivity index (χ3n) is 3.44. The van der Waals surface area contributed by atoms with Gasteiger partial charge in [0.15, 0.2) is 0 Å². The quantitative estimate of drug-likeness (QED) is 0.148. The summed E-state index contributed by atoms with van der Waals surface area (Å²) in [6, 6.07) is 0. The molecule has 126 valence electrons. The molecular weight excluding hydrogens is 274 g/mol. The van der Waals surface area contributed by atoms with E-state index in [1.165, 1.54) is 44.7 Å². The van der Waals surface area contributed by atoms with Crippen LogP contribution in [0.3, 0.4) is 0 Å². The monoisotopic (exact) mass is 307 g/mol. The lowest BCUT2D eigenvalue weighted by Crippen LogP contribution is -2.01. The fourth-order valence-electron chi connectivity index (χ4n) is 2.11. The lowest BCUT2D eigenvalue weighted by Gasteiger charge is -2.01. The van der Waals surface area contributed by atoms with E-state index < -0.39 is 6.10 Å². The maximum absolute atomic E-state index is 9.66. The molecule has 0 fully saturated rings. The minimum absolute atomic E-state index is 0.427. The Bertz CT molecular complexity index is 332. The van der Waals surface area contributed by atoms with Gasteiger partial charge in [0.1, 0.15) is 0 Å². The Morgan fingerprint density at radius 1 is 0.864 bits per heavy atom. The van der Waals surface area contributed by atoms with Crippen LogP contribution in [0.5, 0.6) is 0 Å². The van der Waals surface area contributed by atoms with E-state index in [4.69, 9.17) is 5.21 Å². The molecule has 0 aromatic heterocycles. The number of rotatable bonds is 14. The minimum atomic E-state index is -0.427. The molecule has 0 heterocycles. The van der Waals surface area contributed by atoms with Crippen LogP contribution in [0.25, 0.3) is 0 Å². The van der Waals surface area contributed by atoms with Gasteiger partial charge in [-0.3, -0.25) is 0 Å². The highest BCUT2D eigenvalue weighted by molar-refractivity contribution is 5.55. The number of aliphatic hydroxyl groups excluding tert-OH is 1. The first kappa shape index (κ1) is 20.6. The van der Waals surface area contributed by atoms with Crippen molar-refractivity contribution in [3.63, 3.8) is 0 Å². The molecule has 0 aromatic carbocycles. The van der Waals surface area contributed by atoms with Crippen LogP contribution in [-0.2, 0) is 0 Å². The smallest absolute Gasteiger partial charge is 0.0724 e. The van der Waals surface area contributed by atoms with Crippen LogP contribution in [0.2, 0.25) is 0 Å². The third-order valence-corrected chi connectivity index (χ3v) is 3.44. The molecule has 0 aliphatic rings. The molecule has 0 aliphatic carbocycles. The highest BCUT2D eigenvalue weighted by atomic mass is 16.4. The zero-order chi connectivity index (χ0) is 16.3. The minimum Gasteiger partial charge on any atom is -0.411 e. The zero-order valence-electron chi connectivity index (χ0n) is 14.0. The van der Waals surface area contributed by atoms with Crippen LogP contribution in [0.1, 0.15) is 71.1 Å². The molecule has 3 heteroatoms.